The van der Waals surface area contributed by atoms with Gasteiger partial charge in [0.2, 0.25) is 5.91 Å². The number of Topliss-reactive ketones (excluding diaryl/α,β-unsaturated/α-hetero) is 1. The molecule has 1 amide bonds. The number of hydrogen-bond acceptors (Lipinski definition) is 5. The number of likely N-dealkylation sites (tertiary alicyclic amines) is 1. The summed E-state index contributed by atoms with van der Waals surface area (Å²) in [5, 5.41) is 22.3. The summed E-state index contributed by atoms with van der Waals surface area (Å²) in [5.41, 5.74) is 0.148. The number of aliphatic hydroxyl groups excluding tert-OH is 2. The van der Waals surface area contributed by atoms with Gasteiger partial charge in [-0.15, -0.1) is 0 Å². The van der Waals surface area contributed by atoms with Gasteiger partial charge >= 0.3 is 0 Å². The third-order valence-corrected chi connectivity index (χ3v) is 8.43. The molecule has 6 nitrogen and oxygen atoms in total. The topological polar surface area (TPSA) is 89.9 Å². The summed E-state index contributed by atoms with van der Waals surface area (Å²) in [6.45, 7) is 5.85. The van der Waals surface area contributed by atoms with Gasteiger partial charge in [0.25, 0.3) is 0 Å². The molecule has 2 aliphatic rings. The Morgan fingerprint density at radius 1 is 1.24 bits per heavy atom. The fourth-order valence-electron chi connectivity index (χ4n) is 6.38. The van der Waals surface area contributed by atoms with Gasteiger partial charge in [0.15, 0.2) is 5.78 Å². The fourth-order valence-corrected chi connectivity index (χ4v) is 6.74. The van der Waals surface area contributed by atoms with Crippen molar-refractivity contribution in [2.45, 2.75) is 76.0 Å². The Balaban J connectivity index is 1.94. The van der Waals surface area contributed by atoms with E-state index in [1.165, 1.54) is 12.1 Å². The van der Waals surface area contributed by atoms with Gasteiger partial charge < -0.3 is 15.5 Å². The number of anilines is 1. The van der Waals surface area contributed by atoms with Crippen molar-refractivity contribution in [1.82, 2.24) is 4.90 Å². The van der Waals surface area contributed by atoms with E-state index in [9.17, 15) is 19.8 Å². The van der Waals surface area contributed by atoms with Crippen LogP contribution >= 0.6 is 23.2 Å². The summed E-state index contributed by atoms with van der Waals surface area (Å²) in [5.74, 6) is -1.67. The number of nitrogens with one attached hydrogen (secondary N) is 1. The van der Waals surface area contributed by atoms with Gasteiger partial charge in [-0.25, -0.2) is 4.39 Å². The average Bonchev–Trinajstić information content (AvgIpc) is 3.24. The van der Waals surface area contributed by atoms with Crippen LogP contribution in [-0.4, -0.2) is 58.6 Å². The summed E-state index contributed by atoms with van der Waals surface area (Å²) in [6.07, 6.45) is 0.490. The Morgan fingerprint density at radius 3 is 2.58 bits per heavy atom. The molecule has 2 heterocycles. The molecule has 2 aromatic carbocycles. The maximum Gasteiger partial charge on any atom is 0.237 e. The largest absolute Gasteiger partial charge is 0.394 e. The van der Waals surface area contributed by atoms with Crippen molar-refractivity contribution in [3.8, 4) is 0 Å². The van der Waals surface area contributed by atoms with Crippen LogP contribution in [0.2, 0.25) is 10.0 Å². The molecule has 206 valence electrons. The van der Waals surface area contributed by atoms with E-state index in [-0.39, 0.29) is 41.6 Å². The standard InChI is InChI=1S/C29H35Cl2FN2O4/c1-28(2,3)14-24-29(19-12-21(32)20(31)13-22(19)33-27(29)38)25(16-7-5-8-17(30)11-16)26(34(24)4)23(37)10-6-9-18(36)15-35/h5,7-8,11-13,18,24-26,35-36H,6,9-10,14-15H2,1-4H3,(H,33,38)/t18-,24+,25-,26-,29-/m0/s1. The van der Waals surface area contributed by atoms with Crippen molar-refractivity contribution < 1.29 is 24.2 Å². The molecule has 0 bridgehead atoms. The van der Waals surface area contributed by atoms with Crippen LogP contribution in [0.3, 0.4) is 0 Å². The number of carbonyl (C=O) groups is 2. The van der Waals surface area contributed by atoms with Crippen LogP contribution in [0, 0.1) is 11.2 Å². The normalized spacial score (nSPS) is 26.0. The highest BCUT2D eigenvalue weighted by atomic mass is 35.5. The Labute approximate surface area is 233 Å². The molecule has 0 aromatic heterocycles. The van der Waals surface area contributed by atoms with Crippen LogP contribution in [0.5, 0.6) is 0 Å². The third-order valence-electron chi connectivity index (χ3n) is 7.91. The number of amides is 1. The Hall–Kier alpha value is -2.03. The van der Waals surface area contributed by atoms with Crippen molar-refractivity contribution in [1.29, 1.82) is 0 Å². The molecule has 38 heavy (non-hydrogen) atoms. The lowest BCUT2D eigenvalue weighted by Gasteiger charge is -2.39. The van der Waals surface area contributed by atoms with Crippen LogP contribution in [0.15, 0.2) is 36.4 Å². The highest BCUT2D eigenvalue weighted by molar-refractivity contribution is 6.31. The number of nitrogens with zero attached hydrogens (tertiary/aromatic N) is 1. The van der Waals surface area contributed by atoms with Crippen LogP contribution in [0.1, 0.15) is 63.5 Å². The van der Waals surface area contributed by atoms with Gasteiger partial charge in [0.05, 0.1) is 23.8 Å². The van der Waals surface area contributed by atoms with E-state index in [0.29, 0.717) is 34.7 Å². The number of hydrogen-bond donors (Lipinski definition) is 3. The van der Waals surface area contributed by atoms with E-state index >= 15 is 4.39 Å². The van der Waals surface area contributed by atoms with Gasteiger partial charge in [0.1, 0.15) is 11.2 Å². The Kier molecular flexibility index (Phi) is 8.27. The van der Waals surface area contributed by atoms with E-state index in [1.54, 1.807) is 18.2 Å². The summed E-state index contributed by atoms with van der Waals surface area (Å²) in [7, 11) is 1.85. The number of aliphatic hydroxyl groups is 2. The molecule has 1 saturated heterocycles. The smallest absolute Gasteiger partial charge is 0.237 e. The number of rotatable bonds is 8. The zero-order valence-electron chi connectivity index (χ0n) is 22.1. The van der Waals surface area contributed by atoms with E-state index in [4.69, 9.17) is 23.2 Å². The Morgan fingerprint density at radius 2 is 1.95 bits per heavy atom. The number of ketones is 1. The highest BCUT2D eigenvalue weighted by Gasteiger charge is 2.67. The van der Waals surface area contributed by atoms with Crippen molar-refractivity contribution in [3.63, 3.8) is 0 Å². The molecule has 0 aliphatic carbocycles. The number of carbonyl (C=O) groups excluding carboxylic acids is 2. The number of benzene rings is 2. The van der Waals surface area contributed by atoms with Crippen molar-refractivity contribution in [2.24, 2.45) is 5.41 Å². The Bertz CT molecular complexity index is 1230. The van der Waals surface area contributed by atoms with Gasteiger partial charge in [-0.2, -0.15) is 0 Å². The summed E-state index contributed by atoms with van der Waals surface area (Å²) in [4.78, 5) is 30.1. The molecule has 2 aliphatic heterocycles. The predicted molar refractivity (Wildman–Crippen MR) is 147 cm³/mol. The second-order valence-corrected chi connectivity index (χ2v) is 12.6. The molecule has 1 spiro atoms. The predicted octanol–water partition coefficient (Wildman–Crippen LogP) is 5.32. The van der Waals surface area contributed by atoms with Crippen molar-refractivity contribution in [3.05, 3.63) is 63.4 Å². The van der Waals surface area contributed by atoms with E-state index in [2.05, 4.69) is 26.1 Å². The second kappa shape index (κ2) is 10.9. The lowest BCUT2D eigenvalue weighted by Crippen LogP contribution is -2.50. The molecule has 1 fully saturated rings. The number of halogens is 3. The van der Waals surface area contributed by atoms with E-state index < -0.39 is 35.3 Å². The van der Waals surface area contributed by atoms with Gasteiger partial charge in [-0.05, 0) is 67.1 Å². The second-order valence-electron chi connectivity index (χ2n) is 11.8. The number of likely N-dealkylation sites (N-methyl/N-ethyl adjacent to an activating group) is 1. The minimum Gasteiger partial charge on any atom is -0.394 e. The fraction of sp³-hybridized carbons (Fsp3) is 0.517. The van der Waals surface area contributed by atoms with Gasteiger partial charge in [-0.3, -0.25) is 14.5 Å². The van der Waals surface area contributed by atoms with Crippen molar-refractivity contribution in [2.75, 3.05) is 19.0 Å². The first-order valence-electron chi connectivity index (χ1n) is 12.9. The molecule has 0 saturated carbocycles. The summed E-state index contributed by atoms with van der Waals surface area (Å²) >= 11 is 12.5. The maximum atomic E-state index is 15.0. The third kappa shape index (κ3) is 5.11. The molecular weight excluding hydrogens is 530 g/mol. The lowest BCUT2D eigenvalue weighted by molar-refractivity contribution is -0.124. The van der Waals surface area contributed by atoms with Gasteiger partial charge in [-0.1, -0.05) is 56.1 Å². The van der Waals surface area contributed by atoms with Crippen molar-refractivity contribution >= 4 is 40.6 Å². The first kappa shape index (κ1) is 29.0. The van der Waals surface area contributed by atoms with Gasteiger partial charge in [0, 0.05) is 29.1 Å². The SMILES string of the molecule is CN1[C@@H](C(=O)CCC[C@H](O)CO)[C@H](c2cccc(Cl)c2)[C@@]2(C(=O)Nc3cc(Cl)c(F)cc32)[C@H]1CC(C)(C)C. The molecule has 4 rings (SSSR count). The highest BCUT2D eigenvalue weighted by Crippen LogP contribution is 2.60. The molecule has 9 heteroatoms. The zero-order valence-corrected chi connectivity index (χ0v) is 23.6. The zero-order chi connectivity index (χ0) is 28.0. The summed E-state index contributed by atoms with van der Waals surface area (Å²) in [6, 6.07) is 8.78. The molecule has 5 atom stereocenters. The molecule has 0 radical (unpaired) electrons. The van der Waals surface area contributed by atoms with Crippen LogP contribution in [0.4, 0.5) is 10.1 Å². The molecule has 0 unspecified atom stereocenters. The van der Waals surface area contributed by atoms with E-state index in [1.807, 2.05) is 18.0 Å². The van der Waals surface area contributed by atoms with Crippen LogP contribution in [-0.2, 0) is 15.0 Å². The quantitative estimate of drug-likeness (QED) is 0.404. The average molecular weight is 566 g/mol. The minimum absolute atomic E-state index is 0.0887. The minimum atomic E-state index is -1.28. The first-order chi connectivity index (χ1) is 17.8. The molecule has 2 aromatic rings. The van der Waals surface area contributed by atoms with E-state index in [0.717, 1.165) is 0 Å². The molecular formula is C29H35Cl2FN2O4. The van der Waals surface area contributed by atoms with Crippen LogP contribution < -0.4 is 5.32 Å². The van der Waals surface area contributed by atoms with Crippen LogP contribution in [0.25, 0.3) is 0 Å². The number of fused-ring (bicyclic) bond motifs is 2. The maximum absolute atomic E-state index is 15.0. The first-order valence-corrected chi connectivity index (χ1v) is 13.7. The molecule has 3 N–H and O–H groups in total. The monoisotopic (exact) mass is 564 g/mol. The summed E-state index contributed by atoms with van der Waals surface area (Å²) < 4.78 is 15.0. The lowest BCUT2D eigenvalue weighted by atomic mass is 9.62.